The maximum absolute atomic E-state index is 12.1. The van der Waals surface area contributed by atoms with Gasteiger partial charge in [0.05, 0.1) is 6.42 Å². The molecule has 96 valence electrons. The molecular formula is C9H14F3N5. The highest BCUT2D eigenvalue weighted by molar-refractivity contribution is 5.46. The van der Waals surface area contributed by atoms with E-state index in [0.717, 1.165) is 0 Å². The van der Waals surface area contributed by atoms with Gasteiger partial charge in [0.1, 0.15) is 5.82 Å². The summed E-state index contributed by atoms with van der Waals surface area (Å²) in [4.78, 5) is 7.76. The van der Waals surface area contributed by atoms with Crippen molar-refractivity contribution in [3.05, 3.63) is 11.8 Å². The molecule has 0 aromatic carbocycles. The SMILES string of the molecule is Cc1cnc(NN)nc1NC(C)CC(F)(F)F. The summed E-state index contributed by atoms with van der Waals surface area (Å²) in [6, 6.07) is -0.769. The first-order valence-electron chi connectivity index (χ1n) is 4.95. The lowest BCUT2D eigenvalue weighted by atomic mass is 10.2. The fourth-order valence-corrected chi connectivity index (χ4v) is 1.29. The first kappa shape index (κ1) is 13.5. The second kappa shape index (κ2) is 5.17. The fraction of sp³-hybridized carbons (Fsp3) is 0.556. The summed E-state index contributed by atoms with van der Waals surface area (Å²) in [6.07, 6.45) is -3.66. The van der Waals surface area contributed by atoms with Crippen LogP contribution >= 0.6 is 0 Å². The van der Waals surface area contributed by atoms with E-state index in [2.05, 4.69) is 20.7 Å². The number of rotatable bonds is 4. The number of nitrogen functional groups attached to an aromatic ring is 1. The zero-order valence-electron chi connectivity index (χ0n) is 9.47. The van der Waals surface area contributed by atoms with Crippen LogP contribution in [0.25, 0.3) is 0 Å². The molecule has 17 heavy (non-hydrogen) atoms. The number of anilines is 2. The standard InChI is InChI=1S/C9H14F3N5/c1-5-4-14-8(17-13)16-7(5)15-6(2)3-9(10,11)12/h4,6H,3,13H2,1-2H3,(H2,14,15,16,17). The lowest BCUT2D eigenvalue weighted by molar-refractivity contribution is -0.136. The topological polar surface area (TPSA) is 75.9 Å². The number of hydrogen-bond acceptors (Lipinski definition) is 5. The van der Waals surface area contributed by atoms with E-state index >= 15 is 0 Å². The molecule has 8 heteroatoms. The van der Waals surface area contributed by atoms with Crippen molar-refractivity contribution in [3.63, 3.8) is 0 Å². The van der Waals surface area contributed by atoms with Crippen molar-refractivity contribution in [1.82, 2.24) is 9.97 Å². The van der Waals surface area contributed by atoms with E-state index in [1.54, 1.807) is 6.92 Å². The minimum absolute atomic E-state index is 0.150. The summed E-state index contributed by atoms with van der Waals surface area (Å²) in [5, 5.41) is 2.67. The Morgan fingerprint density at radius 3 is 2.65 bits per heavy atom. The molecule has 0 aliphatic carbocycles. The molecule has 4 N–H and O–H groups in total. The van der Waals surface area contributed by atoms with Gasteiger partial charge in [-0.1, -0.05) is 0 Å². The Labute approximate surface area is 96.6 Å². The molecule has 0 aliphatic heterocycles. The summed E-state index contributed by atoms with van der Waals surface area (Å²) < 4.78 is 36.4. The quantitative estimate of drug-likeness (QED) is 0.560. The van der Waals surface area contributed by atoms with Crippen molar-refractivity contribution in [1.29, 1.82) is 0 Å². The summed E-state index contributed by atoms with van der Waals surface area (Å²) in [5.41, 5.74) is 2.88. The monoisotopic (exact) mass is 249 g/mol. The molecule has 0 bridgehead atoms. The normalized spacial score (nSPS) is 13.3. The van der Waals surface area contributed by atoms with E-state index in [1.165, 1.54) is 13.1 Å². The summed E-state index contributed by atoms with van der Waals surface area (Å²) in [5.74, 6) is 5.61. The highest BCUT2D eigenvalue weighted by atomic mass is 19.4. The van der Waals surface area contributed by atoms with E-state index in [9.17, 15) is 13.2 Å². The Hall–Kier alpha value is -1.57. The molecule has 0 spiro atoms. The van der Waals surface area contributed by atoms with Crippen LogP contribution in [0.15, 0.2) is 6.20 Å². The van der Waals surface area contributed by atoms with Gasteiger partial charge in [0.25, 0.3) is 0 Å². The van der Waals surface area contributed by atoms with Crippen LogP contribution < -0.4 is 16.6 Å². The Morgan fingerprint density at radius 2 is 2.12 bits per heavy atom. The summed E-state index contributed by atoms with van der Waals surface area (Å²) >= 11 is 0. The third-order valence-corrected chi connectivity index (χ3v) is 2.02. The van der Waals surface area contributed by atoms with Crippen molar-refractivity contribution in [2.45, 2.75) is 32.5 Å². The first-order valence-corrected chi connectivity index (χ1v) is 4.95. The van der Waals surface area contributed by atoms with Crippen LogP contribution in [0.5, 0.6) is 0 Å². The van der Waals surface area contributed by atoms with Crippen molar-refractivity contribution < 1.29 is 13.2 Å². The maximum atomic E-state index is 12.1. The van der Waals surface area contributed by atoms with Gasteiger partial charge in [-0.15, -0.1) is 0 Å². The highest BCUT2D eigenvalue weighted by Crippen LogP contribution is 2.23. The molecule has 0 radical (unpaired) electrons. The van der Waals surface area contributed by atoms with Crippen molar-refractivity contribution >= 4 is 11.8 Å². The molecule has 0 saturated carbocycles. The zero-order valence-corrected chi connectivity index (χ0v) is 9.47. The van der Waals surface area contributed by atoms with Gasteiger partial charge in [0.2, 0.25) is 5.95 Å². The molecule has 1 atom stereocenters. The van der Waals surface area contributed by atoms with Crippen molar-refractivity contribution in [2.75, 3.05) is 10.7 Å². The molecular weight excluding hydrogens is 235 g/mol. The first-order chi connectivity index (χ1) is 7.81. The number of aryl methyl sites for hydroxylation is 1. The van der Waals surface area contributed by atoms with Gasteiger partial charge >= 0.3 is 6.18 Å². The van der Waals surface area contributed by atoms with Crippen molar-refractivity contribution in [2.24, 2.45) is 5.84 Å². The van der Waals surface area contributed by atoms with Gasteiger partial charge in [-0.05, 0) is 13.8 Å². The maximum Gasteiger partial charge on any atom is 0.391 e. The van der Waals surface area contributed by atoms with Crippen LogP contribution in [-0.2, 0) is 0 Å². The molecule has 5 nitrogen and oxygen atoms in total. The summed E-state index contributed by atoms with van der Waals surface area (Å²) in [6.45, 7) is 3.13. The fourth-order valence-electron chi connectivity index (χ4n) is 1.29. The highest BCUT2D eigenvalue weighted by Gasteiger charge is 2.30. The lowest BCUT2D eigenvalue weighted by Gasteiger charge is -2.17. The van der Waals surface area contributed by atoms with Crippen LogP contribution in [0.1, 0.15) is 18.9 Å². The number of hydrogen-bond donors (Lipinski definition) is 3. The number of nitrogens with one attached hydrogen (secondary N) is 2. The molecule has 1 unspecified atom stereocenters. The number of hydrazine groups is 1. The number of aromatic nitrogens is 2. The van der Waals surface area contributed by atoms with Crippen LogP contribution in [0.3, 0.4) is 0 Å². The molecule has 0 amide bonds. The van der Waals surface area contributed by atoms with E-state index in [4.69, 9.17) is 5.84 Å². The molecule has 0 aliphatic rings. The molecule has 0 saturated heterocycles. The number of halogens is 3. The van der Waals surface area contributed by atoms with Crippen LogP contribution in [0, 0.1) is 6.92 Å². The Kier molecular flexibility index (Phi) is 4.11. The predicted molar refractivity (Wildman–Crippen MR) is 58.3 cm³/mol. The minimum Gasteiger partial charge on any atom is -0.367 e. The molecule has 1 heterocycles. The number of alkyl halides is 3. The van der Waals surface area contributed by atoms with Gasteiger partial charge in [-0.2, -0.15) is 18.2 Å². The molecule has 0 fully saturated rings. The van der Waals surface area contributed by atoms with E-state index in [-0.39, 0.29) is 5.95 Å². The Balaban J connectivity index is 2.73. The average molecular weight is 249 g/mol. The lowest BCUT2D eigenvalue weighted by Crippen LogP contribution is -2.25. The summed E-state index contributed by atoms with van der Waals surface area (Å²) in [7, 11) is 0. The van der Waals surface area contributed by atoms with E-state index < -0.39 is 18.6 Å². The smallest absolute Gasteiger partial charge is 0.367 e. The van der Waals surface area contributed by atoms with Gasteiger partial charge in [-0.25, -0.2) is 10.8 Å². The van der Waals surface area contributed by atoms with Gasteiger partial charge in [-0.3, -0.25) is 5.43 Å². The van der Waals surface area contributed by atoms with Crippen LogP contribution in [-0.4, -0.2) is 22.2 Å². The van der Waals surface area contributed by atoms with E-state index in [1.807, 2.05) is 0 Å². The average Bonchev–Trinajstić information content (AvgIpc) is 2.18. The number of nitrogens with two attached hydrogens (primary N) is 1. The van der Waals surface area contributed by atoms with Gasteiger partial charge in [0, 0.05) is 17.8 Å². The molecule has 1 aromatic heterocycles. The second-order valence-electron chi connectivity index (χ2n) is 3.73. The third kappa shape index (κ3) is 4.43. The molecule has 1 rings (SSSR count). The second-order valence-corrected chi connectivity index (χ2v) is 3.73. The number of nitrogens with zero attached hydrogens (tertiary/aromatic N) is 2. The van der Waals surface area contributed by atoms with Crippen LogP contribution in [0.4, 0.5) is 24.9 Å². The molecule has 1 aromatic rings. The Morgan fingerprint density at radius 1 is 1.47 bits per heavy atom. The largest absolute Gasteiger partial charge is 0.391 e. The zero-order chi connectivity index (χ0) is 13.1. The van der Waals surface area contributed by atoms with E-state index in [0.29, 0.717) is 11.4 Å². The van der Waals surface area contributed by atoms with Crippen LogP contribution in [0.2, 0.25) is 0 Å². The van der Waals surface area contributed by atoms with Gasteiger partial charge < -0.3 is 5.32 Å². The van der Waals surface area contributed by atoms with Crippen molar-refractivity contribution in [3.8, 4) is 0 Å². The Bertz CT molecular complexity index is 379. The minimum atomic E-state index is -4.21. The van der Waals surface area contributed by atoms with Gasteiger partial charge in [0.15, 0.2) is 0 Å². The third-order valence-electron chi connectivity index (χ3n) is 2.02. The predicted octanol–water partition coefficient (Wildman–Crippen LogP) is 1.82.